The summed E-state index contributed by atoms with van der Waals surface area (Å²) in [6.45, 7) is 10.7. The first-order valence-corrected chi connectivity index (χ1v) is 10.2. The van der Waals surface area contributed by atoms with Crippen molar-refractivity contribution >= 4 is 22.9 Å². The van der Waals surface area contributed by atoms with E-state index in [2.05, 4.69) is 5.32 Å². The number of carbonyl (C=O) groups excluding carboxylic acids is 2. The van der Waals surface area contributed by atoms with E-state index in [1.165, 1.54) is 0 Å². The van der Waals surface area contributed by atoms with E-state index in [4.69, 9.17) is 9.72 Å². The number of nitrogens with zero attached hydrogens (tertiary/aromatic N) is 2. The number of fused-ring (bicyclic) bond motifs is 2. The minimum Gasteiger partial charge on any atom is -0.444 e. The maximum Gasteiger partial charge on any atom is 0.410 e. The number of rotatable bonds is 3. The average Bonchev–Trinajstić information content (AvgIpc) is 3.14. The zero-order chi connectivity index (χ0) is 21.0. The van der Waals surface area contributed by atoms with Gasteiger partial charge in [0.05, 0.1) is 16.7 Å². The molecule has 2 heterocycles. The van der Waals surface area contributed by atoms with E-state index in [0.717, 1.165) is 16.6 Å². The molecule has 4 rings (SSSR count). The summed E-state index contributed by atoms with van der Waals surface area (Å²) in [6, 6.07) is 12.0. The van der Waals surface area contributed by atoms with Crippen LogP contribution in [-0.4, -0.2) is 40.6 Å². The molecule has 1 aliphatic carbocycles. The van der Waals surface area contributed by atoms with Crippen LogP contribution in [0.2, 0.25) is 0 Å². The molecule has 2 aromatic rings. The minimum absolute atomic E-state index is 0.0339. The van der Waals surface area contributed by atoms with Gasteiger partial charge in [0.2, 0.25) is 5.91 Å². The number of nitrogens with one attached hydrogen (secondary N) is 1. The predicted octanol–water partition coefficient (Wildman–Crippen LogP) is 3.70. The SMILES string of the molecule is CC(C)(C)OC(=O)N1CC2C(C1)C2C(=O)NC(C)(C)c1ccc2ccccc2n1. The molecule has 0 spiro atoms. The molecular formula is C23H29N3O3. The van der Waals surface area contributed by atoms with Gasteiger partial charge in [-0.3, -0.25) is 9.78 Å². The second kappa shape index (κ2) is 6.71. The van der Waals surface area contributed by atoms with Gasteiger partial charge in [-0.15, -0.1) is 0 Å². The van der Waals surface area contributed by atoms with E-state index in [-0.39, 0.29) is 29.8 Å². The molecule has 2 fully saturated rings. The van der Waals surface area contributed by atoms with Gasteiger partial charge in [-0.25, -0.2) is 4.79 Å². The van der Waals surface area contributed by atoms with Crippen LogP contribution in [0.25, 0.3) is 10.9 Å². The fourth-order valence-corrected chi connectivity index (χ4v) is 4.26. The lowest BCUT2D eigenvalue weighted by Gasteiger charge is -2.28. The van der Waals surface area contributed by atoms with E-state index in [1.807, 2.05) is 71.0 Å². The fourth-order valence-electron chi connectivity index (χ4n) is 4.26. The molecule has 1 aromatic heterocycles. The van der Waals surface area contributed by atoms with Crippen molar-refractivity contribution in [1.82, 2.24) is 15.2 Å². The van der Waals surface area contributed by atoms with Gasteiger partial charge in [0.1, 0.15) is 5.60 Å². The molecule has 1 saturated carbocycles. The molecule has 6 nitrogen and oxygen atoms in total. The summed E-state index contributed by atoms with van der Waals surface area (Å²) >= 11 is 0. The summed E-state index contributed by atoms with van der Waals surface area (Å²) < 4.78 is 5.44. The molecule has 6 heteroatoms. The number of carbonyl (C=O) groups is 2. The Bertz CT molecular complexity index is 951. The highest BCUT2D eigenvalue weighted by atomic mass is 16.6. The summed E-state index contributed by atoms with van der Waals surface area (Å²) in [7, 11) is 0. The molecule has 2 aliphatic rings. The number of para-hydroxylation sites is 1. The lowest BCUT2D eigenvalue weighted by molar-refractivity contribution is -0.125. The van der Waals surface area contributed by atoms with Crippen LogP contribution in [0.15, 0.2) is 36.4 Å². The number of pyridine rings is 1. The third kappa shape index (κ3) is 3.93. The summed E-state index contributed by atoms with van der Waals surface area (Å²) in [6.07, 6.45) is -0.287. The van der Waals surface area contributed by atoms with Crippen LogP contribution < -0.4 is 5.32 Å². The number of piperidine rings is 1. The predicted molar refractivity (Wildman–Crippen MR) is 111 cm³/mol. The summed E-state index contributed by atoms with van der Waals surface area (Å²) in [5, 5.41) is 4.25. The fraction of sp³-hybridized carbons (Fsp3) is 0.522. The lowest BCUT2D eigenvalue weighted by Crippen LogP contribution is -2.44. The molecular weight excluding hydrogens is 366 g/mol. The standard InChI is InChI=1S/C23H29N3O3/c1-22(2,3)29-21(28)26-12-15-16(13-26)19(15)20(27)25-23(4,5)18-11-10-14-8-6-7-9-17(14)24-18/h6-11,15-16,19H,12-13H2,1-5H3,(H,25,27). The van der Waals surface area contributed by atoms with E-state index in [1.54, 1.807) is 4.90 Å². The van der Waals surface area contributed by atoms with Gasteiger partial charge in [0, 0.05) is 24.4 Å². The zero-order valence-electron chi connectivity index (χ0n) is 17.7. The Morgan fingerprint density at radius 3 is 2.34 bits per heavy atom. The lowest BCUT2D eigenvalue weighted by atomic mass is 9.98. The van der Waals surface area contributed by atoms with Crippen molar-refractivity contribution in [1.29, 1.82) is 0 Å². The smallest absolute Gasteiger partial charge is 0.410 e. The second-order valence-electron chi connectivity index (χ2n) is 9.74. The first kappa shape index (κ1) is 19.7. The highest BCUT2D eigenvalue weighted by Crippen LogP contribution is 2.52. The van der Waals surface area contributed by atoms with Crippen LogP contribution in [0.1, 0.15) is 40.3 Å². The normalized spacial score (nSPS) is 23.6. The molecule has 1 aromatic carbocycles. The van der Waals surface area contributed by atoms with Crippen molar-refractivity contribution in [2.75, 3.05) is 13.1 Å². The number of amides is 2. The van der Waals surface area contributed by atoms with Crippen molar-refractivity contribution in [3.8, 4) is 0 Å². The molecule has 2 atom stereocenters. The number of likely N-dealkylation sites (tertiary alicyclic amines) is 1. The topological polar surface area (TPSA) is 71.5 Å². The Hall–Kier alpha value is -2.63. The first-order valence-electron chi connectivity index (χ1n) is 10.2. The van der Waals surface area contributed by atoms with Crippen LogP contribution in [0, 0.1) is 17.8 Å². The molecule has 1 aliphatic heterocycles. The summed E-state index contributed by atoms with van der Waals surface area (Å²) in [4.78, 5) is 31.6. The maximum atomic E-state index is 12.9. The van der Waals surface area contributed by atoms with E-state index in [0.29, 0.717) is 13.1 Å². The van der Waals surface area contributed by atoms with Crippen LogP contribution in [0.4, 0.5) is 4.79 Å². The molecule has 0 radical (unpaired) electrons. The molecule has 29 heavy (non-hydrogen) atoms. The number of benzene rings is 1. The minimum atomic E-state index is -0.567. The van der Waals surface area contributed by atoms with E-state index >= 15 is 0 Å². The second-order valence-corrected chi connectivity index (χ2v) is 9.74. The zero-order valence-corrected chi connectivity index (χ0v) is 17.7. The molecule has 2 unspecified atom stereocenters. The largest absolute Gasteiger partial charge is 0.444 e. The number of aromatic nitrogens is 1. The van der Waals surface area contributed by atoms with Gasteiger partial charge < -0.3 is 15.0 Å². The average molecular weight is 396 g/mol. The number of ether oxygens (including phenoxy) is 1. The monoisotopic (exact) mass is 395 g/mol. The van der Waals surface area contributed by atoms with Crippen molar-refractivity contribution in [3.05, 3.63) is 42.1 Å². The number of hydrogen-bond acceptors (Lipinski definition) is 4. The maximum absolute atomic E-state index is 12.9. The van der Waals surface area contributed by atoms with Gasteiger partial charge in [-0.2, -0.15) is 0 Å². The molecule has 0 bridgehead atoms. The third-order valence-electron chi connectivity index (χ3n) is 5.82. The highest BCUT2D eigenvalue weighted by molar-refractivity contribution is 5.84. The number of hydrogen-bond donors (Lipinski definition) is 1. The summed E-state index contributed by atoms with van der Waals surface area (Å²) in [5.41, 5.74) is 0.690. The Balaban J connectivity index is 1.37. The first-order chi connectivity index (χ1) is 13.5. The van der Waals surface area contributed by atoms with Gasteiger partial charge in [-0.1, -0.05) is 24.3 Å². The molecule has 1 N–H and O–H groups in total. The van der Waals surface area contributed by atoms with E-state index < -0.39 is 11.1 Å². The molecule has 1 saturated heterocycles. The quantitative estimate of drug-likeness (QED) is 0.860. The van der Waals surface area contributed by atoms with Crippen molar-refractivity contribution in [2.24, 2.45) is 17.8 Å². The van der Waals surface area contributed by atoms with Crippen LogP contribution in [0.5, 0.6) is 0 Å². The molecule has 2 amide bonds. The van der Waals surface area contributed by atoms with Gasteiger partial charge in [0.25, 0.3) is 0 Å². The molecule has 154 valence electrons. The Morgan fingerprint density at radius 1 is 1.03 bits per heavy atom. The third-order valence-corrected chi connectivity index (χ3v) is 5.82. The highest BCUT2D eigenvalue weighted by Gasteiger charge is 2.61. The summed E-state index contributed by atoms with van der Waals surface area (Å²) in [5.74, 6) is 0.461. The van der Waals surface area contributed by atoms with Crippen molar-refractivity contribution in [3.63, 3.8) is 0 Å². The van der Waals surface area contributed by atoms with Gasteiger partial charge >= 0.3 is 6.09 Å². The Labute approximate surface area is 171 Å². The van der Waals surface area contributed by atoms with Crippen molar-refractivity contribution < 1.29 is 14.3 Å². The van der Waals surface area contributed by atoms with Crippen molar-refractivity contribution in [2.45, 2.75) is 45.8 Å². The Morgan fingerprint density at radius 2 is 1.69 bits per heavy atom. The van der Waals surface area contributed by atoms with Crippen LogP contribution in [0.3, 0.4) is 0 Å². The van der Waals surface area contributed by atoms with Gasteiger partial charge in [0.15, 0.2) is 0 Å². The van der Waals surface area contributed by atoms with Crippen LogP contribution in [-0.2, 0) is 15.1 Å². The Kier molecular flexibility index (Phi) is 4.56. The van der Waals surface area contributed by atoms with E-state index in [9.17, 15) is 9.59 Å². The van der Waals surface area contributed by atoms with Crippen LogP contribution >= 0.6 is 0 Å². The van der Waals surface area contributed by atoms with Gasteiger partial charge in [-0.05, 0) is 58.6 Å².